The van der Waals surface area contributed by atoms with Crippen LogP contribution in [0, 0.1) is 0 Å². The van der Waals surface area contributed by atoms with Crippen molar-refractivity contribution in [1.29, 1.82) is 0 Å². The Kier molecular flexibility index (Phi) is 6.85. The first-order valence-corrected chi connectivity index (χ1v) is 12.1. The number of carbonyl (C=O) groups is 1. The third kappa shape index (κ3) is 5.07. The quantitative estimate of drug-likeness (QED) is 0.538. The van der Waals surface area contributed by atoms with Crippen LogP contribution in [0.15, 0.2) is 33.5 Å². The number of nitrogens with zero attached hydrogens (tertiary/aromatic N) is 3. The summed E-state index contributed by atoms with van der Waals surface area (Å²) in [5.74, 6) is 0.621. The van der Waals surface area contributed by atoms with Gasteiger partial charge >= 0.3 is 0 Å². The SMILES string of the molecule is CCCSc1nnc(NC(=O)c2ccc(S(=O)(=O)N3CCCCC3)cc2)s1. The van der Waals surface area contributed by atoms with Crippen LogP contribution < -0.4 is 5.32 Å². The molecule has 146 valence electrons. The fraction of sp³-hybridized carbons (Fsp3) is 0.471. The molecule has 0 unspecified atom stereocenters. The topological polar surface area (TPSA) is 92.3 Å². The predicted molar refractivity (Wildman–Crippen MR) is 108 cm³/mol. The van der Waals surface area contributed by atoms with E-state index in [1.54, 1.807) is 11.8 Å². The van der Waals surface area contributed by atoms with Crippen LogP contribution in [0.2, 0.25) is 0 Å². The molecule has 0 atom stereocenters. The largest absolute Gasteiger partial charge is 0.296 e. The summed E-state index contributed by atoms with van der Waals surface area (Å²) in [6.07, 6.45) is 3.88. The number of rotatable bonds is 7. The minimum absolute atomic E-state index is 0.218. The first-order valence-electron chi connectivity index (χ1n) is 8.88. The van der Waals surface area contributed by atoms with Gasteiger partial charge in [0.05, 0.1) is 4.90 Å². The first-order chi connectivity index (χ1) is 13.0. The summed E-state index contributed by atoms with van der Waals surface area (Å²) < 4.78 is 27.6. The molecule has 2 aromatic rings. The molecule has 1 fully saturated rings. The zero-order chi connectivity index (χ0) is 19.3. The second kappa shape index (κ2) is 9.13. The summed E-state index contributed by atoms with van der Waals surface area (Å²) in [4.78, 5) is 12.6. The van der Waals surface area contributed by atoms with Gasteiger partial charge in [0.25, 0.3) is 5.91 Å². The van der Waals surface area contributed by atoms with E-state index in [0.717, 1.165) is 35.8 Å². The molecule has 7 nitrogen and oxygen atoms in total. The molecule has 0 saturated carbocycles. The van der Waals surface area contributed by atoms with Crippen LogP contribution in [0.3, 0.4) is 0 Å². The molecule has 3 rings (SSSR count). The second-order valence-electron chi connectivity index (χ2n) is 6.16. The zero-order valence-electron chi connectivity index (χ0n) is 15.1. The van der Waals surface area contributed by atoms with Crippen molar-refractivity contribution < 1.29 is 13.2 Å². The molecular formula is C17H22N4O3S3. The van der Waals surface area contributed by atoms with Gasteiger partial charge in [0.2, 0.25) is 15.2 Å². The average molecular weight is 427 g/mol. The Hall–Kier alpha value is -1.49. The van der Waals surface area contributed by atoms with Crippen molar-refractivity contribution in [3.05, 3.63) is 29.8 Å². The number of thioether (sulfide) groups is 1. The normalized spacial score (nSPS) is 15.6. The Bertz CT molecular complexity index is 875. The molecule has 1 aromatic carbocycles. The number of piperidine rings is 1. The van der Waals surface area contributed by atoms with Crippen LogP contribution in [0.5, 0.6) is 0 Å². The monoisotopic (exact) mass is 426 g/mol. The number of carbonyl (C=O) groups excluding carboxylic acids is 1. The highest BCUT2D eigenvalue weighted by Gasteiger charge is 2.26. The van der Waals surface area contributed by atoms with E-state index in [1.165, 1.54) is 39.9 Å². The molecule has 1 saturated heterocycles. The summed E-state index contributed by atoms with van der Waals surface area (Å²) in [7, 11) is -3.49. The number of amides is 1. The lowest BCUT2D eigenvalue weighted by Gasteiger charge is -2.25. The van der Waals surface area contributed by atoms with Crippen molar-refractivity contribution in [1.82, 2.24) is 14.5 Å². The van der Waals surface area contributed by atoms with Crippen LogP contribution in [0.25, 0.3) is 0 Å². The first kappa shape index (κ1) is 20.2. The number of aromatic nitrogens is 2. The van der Waals surface area contributed by atoms with Gasteiger partial charge in [0.1, 0.15) is 0 Å². The highest BCUT2D eigenvalue weighted by Crippen LogP contribution is 2.26. The van der Waals surface area contributed by atoms with Gasteiger partial charge in [-0.05, 0) is 43.5 Å². The molecule has 0 aliphatic carbocycles. The van der Waals surface area contributed by atoms with E-state index in [4.69, 9.17) is 0 Å². The molecule has 0 spiro atoms. The van der Waals surface area contributed by atoms with Crippen molar-refractivity contribution in [2.75, 3.05) is 24.2 Å². The lowest BCUT2D eigenvalue weighted by Crippen LogP contribution is -2.35. The van der Waals surface area contributed by atoms with Gasteiger partial charge in [-0.1, -0.05) is 36.4 Å². The molecule has 1 aromatic heterocycles. The molecule has 0 radical (unpaired) electrons. The van der Waals surface area contributed by atoms with Crippen molar-refractivity contribution in [3.63, 3.8) is 0 Å². The number of benzene rings is 1. The predicted octanol–water partition coefficient (Wildman–Crippen LogP) is 3.47. The molecule has 1 aliphatic heterocycles. The van der Waals surface area contributed by atoms with Gasteiger partial charge in [-0.25, -0.2) is 8.42 Å². The molecular weight excluding hydrogens is 404 g/mol. The smallest absolute Gasteiger partial charge is 0.257 e. The second-order valence-corrected chi connectivity index (χ2v) is 10.4. The Labute approximate surface area is 167 Å². The van der Waals surface area contributed by atoms with Crippen LogP contribution >= 0.6 is 23.1 Å². The maximum absolute atomic E-state index is 12.7. The molecule has 1 N–H and O–H groups in total. The minimum Gasteiger partial charge on any atom is -0.296 e. The van der Waals surface area contributed by atoms with E-state index >= 15 is 0 Å². The summed E-state index contributed by atoms with van der Waals surface area (Å²) in [6.45, 7) is 3.20. The number of hydrogen-bond donors (Lipinski definition) is 1. The number of hydrogen-bond acceptors (Lipinski definition) is 7. The van der Waals surface area contributed by atoms with Crippen molar-refractivity contribution >= 4 is 44.2 Å². The number of nitrogens with one attached hydrogen (secondary N) is 1. The number of sulfonamides is 1. The highest BCUT2D eigenvalue weighted by atomic mass is 32.2. The van der Waals surface area contributed by atoms with Crippen LogP contribution in [0.4, 0.5) is 5.13 Å². The third-order valence-electron chi connectivity index (χ3n) is 4.13. The Morgan fingerprint density at radius 2 is 1.89 bits per heavy atom. The van der Waals surface area contributed by atoms with Gasteiger partial charge in [0, 0.05) is 24.4 Å². The van der Waals surface area contributed by atoms with Gasteiger partial charge < -0.3 is 0 Å². The third-order valence-corrected chi connectivity index (χ3v) is 8.22. The lowest BCUT2D eigenvalue weighted by atomic mass is 10.2. The van der Waals surface area contributed by atoms with E-state index < -0.39 is 10.0 Å². The lowest BCUT2D eigenvalue weighted by molar-refractivity contribution is 0.102. The van der Waals surface area contributed by atoms with Gasteiger partial charge in [-0.2, -0.15) is 4.31 Å². The van der Waals surface area contributed by atoms with Crippen LogP contribution in [-0.2, 0) is 10.0 Å². The van der Waals surface area contributed by atoms with E-state index in [-0.39, 0.29) is 10.8 Å². The Morgan fingerprint density at radius 1 is 1.19 bits per heavy atom. The van der Waals surface area contributed by atoms with E-state index in [0.29, 0.717) is 23.8 Å². The maximum atomic E-state index is 12.7. The van der Waals surface area contributed by atoms with Crippen molar-refractivity contribution in [3.8, 4) is 0 Å². The minimum atomic E-state index is -3.49. The average Bonchev–Trinajstić information content (AvgIpc) is 3.14. The standard InChI is InChI=1S/C17H22N4O3S3/c1-2-12-25-17-20-19-16(26-17)18-15(22)13-6-8-14(9-7-13)27(23,24)21-10-4-3-5-11-21/h6-9H,2-5,10-12H2,1H3,(H,18,19,22). The summed E-state index contributed by atoms with van der Waals surface area (Å²) in [5.41, 5.74) is 0.380. The van der Waals surface area contributed by atoms with E-state index in [1.807, 2.05) is 0 Å². The van der Waals surface area contributed by atoms with Crippen LogP contribution in [-0.4, -0.2) is 47.7 Å². The van der Waals surface area contributed by atoms with Crippen molar-refractivity contribution in [2.24, 2.45) is 0 Å². The fourth-order valence-corrected chi connectivity index (χ4v) is 5.90. The Balaban J connectivity index is 1.65. The molecule has 1 amide bonds. The Morgan fingerprint density at radius 3 is 2.56 bits per heavy atom. The van der Waals surface area contributed by atoms with E-state index in [2.05, 4.69) is 22.4 Å². The summed E-state index contributed by atoms with van der Waals surface area (Å²) in [5, 5.41) is 11.1. The number of anilines is 1. The van der Waals surface area contributed by atoms with Crippen LogP contribution in [0.1, 0.15) is 43.0 Å². The summed E-state index contributed by atoms with van der Waals surface area (Å²) in [6, 6.07) is 6.03. The van der Waals surface area contributed by atoms with Gasteiger partial charge in [0.15, 0.2) is 4.34 Å². The molecule has 2 heterocycles. The maximum Gasteiger partial charge on any atom is 0.257 e. The molecule has 27 heavy (non-hydrogen) atoms. The zero-order valence-corrected chi connectivity index (χ0v) is 17.5. The molecule has 10 heteroatoms. The molecule has 0 bridgehead atoms. The highest BCUT2D eigenvalue weighted by molar-refractivity contribution is 8.01. The fourth-order valence-electron chi connectivity index (χ4n) is 2.71. The van der Waals surface area contributed by atoms with Gasteiger partial charge in [-0.3, -0.25) is 10.1 Å². The van der Waals surface area contributed by atoms with Crippen molar-refractivity contribution in [2.45, 2.75) is 41.8 Å². The van der Waals surface area contributed by atoms with Gasteiger partial charge in [-0.15, -0.1) is 10.2 Å². The molecule has 1 aliphatic rings. The summed E-state index contributed by atoms with van der Waals surface area (Å²) >= 11 is 2.93. The van der Waals surface area contributed by atoms with E-state index in [9.17, 15) is 13.2 Å².